The van der Waals surface area contributed by atoms with Crippen molar-refractivity contribution in [1.29, 1.82) is 0 Å². The zero-order valence-electron chi connectivity index (χ0n) is 9.36. The van der Waals surface area contributed by atoms with Crippen molar-refractivity contribution in [3.05, 3.63) is 49.6 Å². The van der Waals surface area contributed by atoms with E-state index in [1.807, 2.05) is 31.2 Å². The highest BCUT2D eigenvalue weighted by Gasteiger charge is 2.21. The van der Waals surface area contributed by atoms with Gasteiger partial charge in [-0.25, -0.2) is 0 Å². The van der Waals surface area contributed by atoms with Gasteiger partial charge in [0.15, 0.2) is 0 Å². The largest absolute Gasteiger partial charge is 0.357 e. The molecule has 15 heavy (non-hydrogen) atoms. The van der Waals surface area contributed by atoms with E-state index in [0.717, 1.165) is 12.1 Å². The third-order valence-electron chi connectivity index (χ3n) is 1.93. The van der Waals surface area contributed by atoms with Gasteiger partial charge in [-0.2, -0.15) is 0 Å². The van der Waals surface area contributed by atoms with Crippen LogP contribution in [-0.4, -0.2) is 24.0 Å². The highest BCUT2D eigenvalue weighted by molar-refractivity contribution is 7.13. The average molecular weight is 225 g/mol. The van der Waals surface area contributed by atoms with Crippen LogP contribution in [0.15, 0.2) is 49.6 Å². The molecule has 0 saturated carbocycles. The third kappa shape index (κ3) is 5.08. The molecular weight excluding hydrogens is 205 g/mol. The molecule has 2 atom stereocenters. The fraction of sp³-hybridized carbons (Fsp3) is 0.333. The summed E-state index contributed by atoms with van der Waals surface area (Å²) in [4.78, 5) is 0. The van der Waals surface area contributed by atoms with Crippen LogP contribution in [0, 0.1) is 0 Å². The number of allylic oxidation sites excluding steroid dienone is 3. The van der Waals surface area contributed by atoms with Crippen molar-refractivity contribution in [3.63, 3.8) is 0 Å². The molecule has 1 rings (SSSR count). The van der Waals surface area contributed by atoms with Gasteiger partial charge in [-0.05, 0) is 12.5 Å². The smallest absolute Gasteiger partial charge is 0.103 e. The Hall–Kier alpha value is -0.690. The van der Waals surface area contributed by atoms with Crippen molar-refractivity contribution >= 4 is 9.39 Å². The molecule has 1 saturated heterocycles. The lowest BCUT2D eigenvalue weighted by atomic mass is 10.1. The molecule has 0 radical (unpaired) electrons. The first-order chi connectivity index (χ1) is 7.27. The molecule has 1 aliphatic rings. The Kier molecular flexibility index (Phi) is 8.21. The van der Waals surface area contributed by atoms with Gasteiger partial charge in [-0.1, -0.05) is 40.3 Å². The SMILES string of the molecule is C=C.C=C/C(=C\C=C/C)C1CN(P)CO1. The second-order valence-electron chi connectivity index (χ2n) is 2.95. The van der Waals surface area contributed by atoms with Crippen molar-refractivity contribution in [2.24, 2.45) is 0 Å². The van der Waals surface area contributed by atoms with Crippen LogP contribution in [0.4, 0.5) is 0 Å². The number of hydrogen-bond acceptors (Lipinski definition) is 2. The molecule has 3 heteroatoms. The Morgan fingerprint density at radius 3 is 2.60 bits per heavy atom. The maximum Gasteiger partial charge on any atom is 0.103 e. The van der Waals surface area contributed by atoms with Crippen LogP contribution >= 0.6 is 9.39 Å². The van der Waals surface area contributed by atoms with Crippen molar-refractivity contribution < 1.29 is 4.74 Å². The topological polar surface area (TPSA) is 12.5 Å². The van der Waals surface area contributed by atoms with Gasteiger partial charge in [-0.3, -0.25) is 4.67 Å². The van der Waals surface area contributed by atoms with Crippen molar-refractivity contribution in [1.82, 2.24) is 4.67 Å². The lowest BCUT2D eigenvalue weighted by molar-refractivity contribution is 0.129. The molecule has 0 spiro atoms. The quantitative estimate of drug-likeness (QED) is 0.416. The number of hydrogen-bond donors (Lipinski definition) is 0. The average Bonchev–Trinajstić information content (AvgIpc) is 2.69. The summed E-state index contributed by atoms with van der Waals surface area (Å²) in [6.07, 6.45) is 8.07. The van der Waals surface area contributed by atoms with Crippen molar-refractivity contribution in [2.45, 2.75) is 13.0 Å². The summed E-state index contributed by atoms with van der Waals surface area (Å²) >= 11 is 0. The molecule has 0 aromatic carbocycles. The molecule has 0 aromatic rings. The molecule has 1 fully saturated rings. The highest BCUT2D eigenvalue weighted by Crippen LogP contribution is 2.19. The van der Waals surface area contributed by atoms with E-state index in [1.165, 1.54) is 0 Å². The normalized spacial score (nSPS) is 22.5. The van der Waals surface area contributed by atoms with Gasteiger partial charge in [0.05, 0.1) is 6.10 Å². The summed E-state index contributed by atoms with van der Waals surface area (Å²) in [5.41, 5.74) is 1.14. The Morgan fingerprint density at radius 1 is 1.53 bits per heavy atom. The van der Waals surface area contributed by atoms with E-state index >= 15 is 0 Å². The summed E-state index contributed by atoms with van der Waals surface area (Å²) in [6, 6.07) is 0. The molecule has 0 bridgehead atoms. The van der Waals surface area contributed by atoms with Gasteiger partial charge in [0.2, 0.25) is 0 Å². The van der Waals surface area contributed by atoms with Crippen molar-refractivity contribution in [3.8, 4) is 0 Å². The predicted molar refractivity (Wildman–Crippen MR) is 70.5 cm³/mol. The molecular formula is C12H20NOP. The van der Waals surface area contributed by atoms with Crippen molar-refractivity contribution in [2.75, 3.05) is 13.3 Å². The van der Waals surface area contributed by atoms with Crippen LogP contribution in [0.5, 0.6) is 0 Å². The molecule has 2 unspecified atom stereocenters. The molecule has 0 N–H and O–H groups in total. The van der Waals surface area contributed by atoms with Crippen LogP contribution in [0.1, 0.15) is 6.92 Å². The van der Waals surface area contributed by atoms with Crippen LogP contribution in [-0.2, 0) is 4.74 Å². The predicted octanol–water partition coefficient (Wildman–Crippen LogP) is 2.93. The van der Waals surface area contributed by atoms with E-state index in [-0.39, 0.29) is 6.10 Å². The van der Waals surface area contributed by atoms with E-state index in [0.29, 0.717) is 6.73 Å². The van der Waals surface area contributed by atoms with Crippen LogP contribution < -0.4 is 0 Å². The summed E-state index contributed by atoms with van der Waals surface area (Å²) < 4.78 is 7.61. The fourth-order valence-corrected chi connectivity index (χ4v) is 1.50. The summed E-state index contributed by atoms with van der Waals surface area (Å²) in [6.45, 7) is 13.4. The van der Waals surface area contributed by atoms with E-state index < -0.39 is 0 Å². The zero-order chi connectivity index (χ0) is 11.7. The lowest BCUT2D eigenvalue weighted by Gasteiger charge is -2.08. The van der Waals surface area contributed by atoms with Gasteiger partial charge in [0.1, 0.15) is 6.73 Å². The van der Waals surface area contributed by atoms with Gasteiger partial charge in [0.25, 0.3) is 0 Å². The van der Waals surface area contributed by atoms with Crippen LogP contribution in [0.25, 0.3) is 0 Å². The van der Waals surface area contributed by atoms with Gasteiger partial charge in [-0.15, -0.1) is 13.2 Å². The van der Waals surface area contributed by atoms with Gasteiger partial charge in [0, 0.05) is 6.54 Å². The molecule has 0 amide bonds. The third-order valence-corrected chi connectivity index (χ3v) is 2.29. The summed E-state index contributed by atoms with van der Waals surface area (Å²) in [7, 11) is 2.64. The fourth-order valence-electron chi connectivity index (χ4n) is 1.22. The molecule has 2 nitrogen and oxygen atoms in total. The maximum atomic E-state index is 5.55. The van der Waals surface area contributed by atoms with Crippen LogP contribution in [0.2, 0.25) is 0 Å². The number of nitrogens with zero attached hydrogens (tertiary/aromatic N) is 1. The summed E-state index contributed by atoms with van der Waals surface area (Å²) in [5, 5.41) is 0. The molecule has 0 aliphatic carbocycles. The molecule has 1 heterocycles. The molecule has 1 aliphatic heterocycles. The highest BCUT2D eigenvalue weighted by atomic mass is 31.0. The second kappa shape index (κ2) is 8.60. The number of ether oxygens (including phenoxy) is 1. The monoisotopic (exact) mass is 225 g/mol. The van der Waals surface area contributed by atoms with Gasteiger partial charge < -0.3 is 4.74 Å². The standard InChI is InChI=1S/C10H16NOP.C2H4/c1-3-5-6-9(4-2)10-7-11(13)8-12-10;1-2/h3-6,10H,2,7-8,13H2,1H3;1-2H2/b5-3-,9-6+;. The second-order valence-corrected chi connectivity index (χ2v) is 3.68. The Labute approximate surface area is 95.3 Å². The first-order valence-corrected chi connectivity index (χ1v) is 5.36. The van der Waals surface area contributed by atoms with E-state index in [1.54, 1.807) is 0 Å². The Balaban J connectivity index is 0.000000921. The first-order valence-electron chi connectivity index (χ1n) is 4.84. The van der Waals surface area contributed by atoms with E-state index in [4.69, 9.17) is 4.74 Å². The Morgan fingerprint density at radius 2 is 2.20 bits per heavy atom. The van der Waals surface area contributed by atoms with Gasteiger partial charge >= 0.3 is 0 Å². The lowest BCUT2D eigenvalue weighted by Crippen LogP contribution is -2.14. The Bertz CT molecular complexity index is 248. The minimum absolute atomic E-state index is 0.172. The summed E-state index contributed by atoms with van der Waals surface area (Å²) in [5.74, 6) is 0. The molecule has 0 aromatic heterocycles. The van der Waals surface area contributed by atoms with Crippen LogP contribution in [0.3, 0.4) is 0 Å². The van der Waals surface area contributed by atoms with E-state index in [9.17, 15) is 0 Å². The number of rotatable bonds is 3. The minimum atomic E-state index is 0.172. The van der Waals surface area contributed by atoms with E-state index in [2.05, 4.69) is 33.8 Å². The zero-order valence-corrected chi connectivity index (χ0v) is 10.5. The minimum Gasteiger partial charge on any atom is -0.357 e. The maximum absolute atomic E-state index is 5.55. The first kappa shape index (κ1) is 14.3. The molecule has 84 valence electrons.